The molecule has 1 atom stereocenters. The lowest BCUT2D eigenvalue weighted by atomic mass is 10.1. The van der Waals surface area contributed by atoms with Gasteiger partial charge in [0.05, 0.1) is 5.69 Å². The molecule has 0 bridgehead atoms. The van der Waals surface area contributed by atoms with Crippen LogP contribution in [0.4, 0.5) is 0 Å². The van der Waals surface area contributed by atoms with Crippen LogP contribution in [0.15, 0.2) is 59.3 Å². The van der Waals surface area contributed by atoms with Crippen molar-refractivity contribution in [3.63, 3.8) is 0 Å². The average Bonchev–Trinajstić information content (AvgIpc) is 3.31. The van der Waals surface area contributed by atoms with Crippen molar-refractivity contribution in [3.8, 4) is 5.69 Å². The van der Waals surface area contributed by atoms with E-state index in [0.29, 0.717) is 22.7 Å². The van der Waals surface area contributed by atoms with Gasteiger partial charge in [0, 0.05) is 5.56 Å². The van der Waals surface area contributed by atoms with Gasteiger partial charge in [-0.2, -0.15) is 0 Å². The summed E-state index contributed by atoms with van der Waals surface area (Å²) in [5.74, 6) is 0.232. The summed E-state index contributed by atoms with van der Waals surface area (Å²) in [4.78, 5) is 16.9. The predicted octanol–water partition coefficient (Wildman–Crippen LogP) is 2.29. The van der Waals surface area contributed by atoms with Crippen LogP contribution in [-0.4, -0.2) is 31.1 Å². The van der Waals surface area contributed by atoms with Gasteiger partial charge in [0.15, 0.2) is 5.58 Å². The van der Waals surface area contributed by atoms with Gasteiger partial charge in [-0.05, 0) is 47.7 Å². The lowest BCUT2D eigenvalue weighted by Gasteiger charge is -2.11. The van der Waals surface area contributed by atoms with Crippen molar-refractivity contribution < 1.29 is 9.21 Å². The van der Waals surface area contributed by atoms with E-state index in [1.54, 1.807) is 18.2 Å². The summed E-state index contributed by atoms with van der Waals surface area (Å²) in [6.07, 6.45) is 1.47. The topological polar surface area (TPSA) is 98.7 Å². The highest BCUT2D eigenvalue weighted by Gasteiger charge is 2.17. The smallest absolute Gasteiger partial charge is 0.251 e. The number of hydrogen-bond donors (Lipinski definition) is 1. The molecule has 124 valence electrons. The van der Waals surface area contributed by atoms with E-state index in [1.165, 1.54) is 11.0 Å². The molecule has 0 fully saturated rings. The summed E-state index contributed by atoms with van der Waals surface area (Å²) in [6.45, 7) is 1.83. The summed E-state index contributed by atoms with van der Waals surface area (Å²) in [5.41, 5.74) is 2.65. The first-order valence-corrected chi connectivity index (χ1v) is 7.70. The number of benzene rings is 2. The van der Waals surface area contributed by atoms with E-state index in [1.807, 2.05) is 37.3 Å². The van der Waals surface area contributed by atoms with E-state index in [0.717, 1.165) is 5.52 Å². The van der Waals surface area contributed by atoms with Crippen molar-refractivity contribution in [3.05, 3.63) is 66.3 Å². The zero-order valence-corrected chi connectivity index (χ0v) is 13.3. The summed E-state index contributed by atoms with van der Waals surface area (Å²) in [6, 6.07) is 14.1. The van der Waals surface area contributed by atoms with Crippen LogP contribution in [0.5, 0.6) is 0 Å². The molecule has 1 N–H and O–H groups in total. The monoisotopic (exact) mass is 334 g/mol. The van der Waals surface area contributed by atoms with E-state index in [2.05, 4.69) is 25.8 Å². The van der Waals surface area contributed by atoms with Crippen molar-refractivity contribution in [1.82, 2.24) is 30.5 Å². The van der Waals surface area contributed by atoms with Crippen LogP contribution < -0.4 is 5.32 Å². The molecular formula is C17H14N6O2. The number of para-hydroxylation sites is 2. The molecule has 2 heterocycles. The highest BCUT2D eigenvalue weighted by molar-refractivity contribution is 5.94. The Bertz CT molecular complexity index is 991. The van der Waals surface area contributed by atoms with E-state index in [-0.39, 0.29) is 11.9 Å². The molecule has 4 aromatic rings. The number of nitrogens with one attached hydrogen (secondary N) is 1. The number of carbonyl (C=O) groups excluding carboxylic acids is 1. The zero-order chi connectivity index (χ0) is 17.2. The van der Waals surface area contributed by atoms with Crippen LogP contribution in [0.3, 0.4) is 0 Å². The minimum atomic E-state index is -0.364. The molecule has 0 saturated carbocycles. The van der Waals surface area contributed by atoms with Gasteiger partial charge in [-0.1, -0.05) is 18.2 Å². The summed E-state index contributed by atoms with van der Waals surface area (Å²) >= 11 is 0. The maximum Gasteiger partial charge on any atom is 0.251 e. The third kappa shape index (κ3) is 2.97. The first-order chi connectivity index (χ1) is 12.2. The molecule has 1 unspecified atom stereocenters. The van der Waals surface area contributed by atoms with E-state index < -0.39 is 0 Å². The fourth-order valence-corrected chi connectivity index (χ4v) is 2.49. The second-order valence-electron chi connectivity index (χ2n) is 5.52. The first kappa shape index (κ1) is 15.0. The van der Waals surface area contributed by atoms with Gasteiger partial charge in [-0.25, -0.2) is 9.67 Å². The van der Waals surface area contributed by atoms with E-state index >= 15 is 0 Å². The van der Waals surface area contributed by atoms with Gasteiger partial charge >= 0.3 is 0 Å². The molecule has 25 heavy (non-hydrogen) atoms. The second kappa shape index (κ2) is 6.16. The number of amides is 1. The highest BCUT2D eigenvalue weighted by Crippen LogP contribution is 2.20. The lowest BCUT2D eigenvalue weighted by molar-refractivity contribution is 0.0934. The standard InChI is InChI=1S/C17H14N6O2/c1-11(17-20-14-7-2-3-8-15(14)25-17)19-16(24)12-5-4-6-13(9-12)23-10-18-21-22-23/h2-11H,1H3,(H,19,24). The van der Waals surface area contributed by atoms with Gasteiger partial charge in [0.25, 0.3) is 5.91 Å². The fraction of sp³-hybridized carbons (Fsp3) is 0.118. The summed E-state index contributed by atoms with van der Waals surface area (Å²) < 4.78 is 7.18. The van der Waals surface area contributed by atoms with E-state index in [9.17, 15) is 4.79 Å². The number of hydrogen-bond acceptors (Lipinski definition) is 6. The van der Waals surface area contributed by atoms with Gasteiger partial charge in [0.2, 0.25) is 5.89 Å². The quantitative estimate of drug-likeness (QED) is 0.615. The molecule has 0 aliphatic heterocycles. The summed E-state index contributed by atoms with van der Waals surface area (Å²) in [5, 5.41) is 13.9. The van der Waals surface area contributed by atoms with Gasteiger partial charge in [0.1, 0.15) is 17.9 Å². The normalized spacial score (nSPS) is 12.2. The maximum absolute atomic E-state index is 12.5. The number of tetrazole rings is 1. The van der Waals surface area contributed by atoms with Crippen LogP contribution in [0.2, 0.25) is 0 Å². The number of rotatable bonds is 4. The molecule has 0 saturated heterocycles. The number of oxazole rings is 1. The Labute approximate surface area is 142 Å². The van der Waals surface area contributed by atoms with Crippen molar-refractivity contribution in [1.29, 1.82) is 0 Å². The lowest BCUT2D eigenvalue weighted by Crippen LogP contribution is -2.26. The van der Waals surface area contributed by atoms with Crippen molar-refractivity contribution in [2.75, 3.05) is 0 Å². The Morgan fingerprint density at radius 3 is 2.88 bits per heavy atom. The molecule has 0 aliphatic rings. The molecule has 4 rings (SSSR count). The number of nitrogens with zero attached hydrogens (tertiary/aromatic N) is 5. The second-order valence-corrected chi connectivity index (χ2v) is 5.52. The molecule has 2 aromatic carbocycles. The Morgan fingerprint density at radius 2 is 2.08 bits per heavy atom. The molecule has 0 radical (unpaired) electrons. The largest absolute Gasteiger partial charge is 0.438 e. The Kier molecular flexibility index (Phi) is 3.70. The number of carbonyl (C=O) groups is 1. The van der Waals surface area contributed by atoms with Crippen molar-refractivity contribution in [2.45, 2.75) is 13.0 Å². The minimum absolute atomic E-state index is 0.232. The highest BCUT2D eigenvalue weighted by atomic mass is 16.3. The zero-order valence-electron chi connectivity index (χ0n) is 13.3. The third-order valence-corrected chi connectivity index (χ3v) is 3.75. The molecule has 2 aromatic heterocycles. The number of aromatic nitrogens is 5. The van der Waals surface area contributed by atoms with Gasteiger partial charge in [-0.15, -0.1) is 5.10 Å². The Hall–Kier alpha value is -3.55. The third-order valence-electron chi connectivity index (χ3n) is 3.75. The summed E-state index contributed by atoms with van der Waals surface area (Å²) in [7, 11) is 0. The molecule has 1 amide bonds. The molecule has 8 nitrogen and oxygen atoms in total. The SMILES string of the molecule is CC(NC(=O)c1cccc(-n2cnnn2)c1)c1nc2ccccc2o1. The van der Waals surface area contributed by atoms with Gasteiger partial charge < -0.3 is 9.73 Å². The van der Waals surface area contributed by atoms with Crippen LogP contribution in [0.25, 0.3) is 16.8 Å². The Balaban J connectivity index is 1.54. The number of fused-ring (bicyclic) bond motifs is 1. The van der Waals surface area contributed by atoms with Crippen molar-refractivity contribution >= 4 is 17.0 Å². The van der Waals surface area contributed by atoms with Crippen LogP contribution >= 0.6 is 0 Å². The van der Waals surface area contributed by atoms with Crippen LogP contribution in [0.1, 0.15) is 29.2 Å². The maximum atomic E-state index is 12.5. The van der Waals surface area contributed by atoms with Crippen LogP contribution in [0, 0.1) is 0 Å². The Morgan fingerprint density at radius 1 is 1.20 bits per heavy atom. The molecule has 0 spiro atoms. The van der Waals surface area contributed by atoms with E-state index in [4.69, 9.17) is 4.42 Å². The average molecular weight is 334 g/mol. The van der Waals surface area contributed by atoms with Crippen molar-refractivity contribution in [2.24, 2.45) is 0 Å². The predicted molar refractivity (Wildman–Crippen MR) is 89.0 cm³/mol. The molecular weight excluding hydrogens is 320 g/mol. The van der Waals surface area contributed by atoms with Crippen LogP contribution in [-0.2, 0) is 0 Å². The molecule has 8 heteroatoms. The molecule has 0 aliphatic carbocycles. The fourth-order valence-electron chi connectivity index (χ4n) is 2.49. The first-order valence-electron chi connectivity index (χ1n) is 7.70. The van der Waals surface area contributed by atoms with Gasteiger partial charge in [-0.3, -0.25) is 4.79 Å². The minimum Gasteiger partial charge on any atom is -0.438 e.